The summed E-state index contributed by atoms with van der Waals surface area (Å²) in [5.74, 6) is 3.09. The van der Waals surface area contributed by atoms with Crippen LogP contribution in [0.3, 0.4) is 0 Å². The van der Waals surface area contributed by atoms with Gasteiger partial charge in [0.2, 0.25) is 5.89 Å². The van der Waals surface area contributed by atoms with Crippen molar-refractivity contribution >= 4 is 11.8 Å². The predicted octanol–water partition coefficient (Wildman–Crippen LogP) is 2.79. The second kappa shape index (κ2) is 9.24. The van der Waals surface area contributed by atoms with E-state index >= 15 is 0 Å². The van der Waals surface area contributed by atoms with E-state index in [0.29, 0.717) is 24.3 Å². The van der Waals surface area contributed by atoms with Crippen molar-refractivity contribution in [2.75, 3.05) is 24.5 Å². The molecule has 0 atom stereocenters. The molecule has 0 saturated carbocycles. The van der Waals surface area contributed by atoms with Crippen LogP contribution in [0.25, 0.3) is 0 Å². The summed E-state index contributed by atoms with van der Waals surface area (Å²) in [6, 6.07) is 4.60. The quantitative estimate of drug-likeness (QED) is 0.590. The van der Waals surface area contributed by atoms with Gasteiger partial charge in [0, 0.05) is 37.3 Å². The topological polar surface area (TPSA) is 91.5 Å². The van der Waals surface area contributed by atoms with Gasteiger partial charge >= 0.3 is 0 Å². The molecule has 0 radical (unpaired) electrons. The Morgan fingerprint density at radius 3 is 2.62 bits per heavy atom. The van der Waals surface area contributed by atoms with Crippen LogP contribution in [-0.2, 0) is 12.0 Å². The maximum atomic E-state index is 5.35. The van der Waals surface area contributed by atoms with Gasteiger partial charge in [0.15, 0.2) is 11.8 Å². The Labute approximate surface area is 173 Å². The van der Waals surface area contributed by atoms with Gasteiger partial charge in [-0.15, -0.1) is 0 Å². The summed E-state index contributed by atoms with van der Waals surface area (Å²) in [7, 11) is 0. The molecule has 2 aromatic heterocycles. The standard InChI is InChI=1S/C21H33N7O/c1-6-22-20(24-14-17-26-19(29-27-17)21(3,4)5)25-16-9-11-28(12-10-16)18-8-7-15(2)13-23-18/h7-8,13,16H,6,9-12,14H2,1-5H3,(H2,22,24,25). The third kappa shape index (κ3) is 5.92. The molecule has 0 bridgehead atoms. The zero-order valence-electron chi connectivity index (χ0n) is 18.2. The number of pyridine rings is 1. The molecule has 0 unspecified atom stereocenters. The van der Waals surface area contributed by atoms with Crippen molar-refractivity contribution in [2.45, 2.75) is 65.5 Å². The van der Waals surface area contributed by atoms with Crippen molar-refractivity contribution in [1.82, 2.24) is 25.8 Å². The average molecular weight is 400 g/mol. The molecule has 1 aliphatic heterocycles. The molecule has 3 rings (SSSR count). The number of aromatic nitrogens is 3. The van der Waals surface area contributed by atoms with Crippen molar-refractivity contribution in [1.29, 1.82) is 0 Å². The van der Waals surface area contributed by atoms with Crippen molar-refractivity contribution in [2.24, 2.45) is 4.99 Å². The fraction of sp³-hybridized carbons (Fsp3) is 0.619. The normalized spacial score (nSPS) is 16.2. The number of piperidine rings is 1. The second-order valence-electron chi connectivity index (χ2n) is 8.56. The van der Waals surface area contributed by atoms with Gasteiger partial charge in [0.25, 0.3) is 0 Å². The van der Waals surface area contributed by atoms with Crippen LogP contribution in [0.1, 0.15) is 57.8 Å². The van der Waals surface area contributed by atoms with Gasteiger partial charge in [-0.25, -0.2) is 9.98 Å². The van der Waals surface area contributed by atoms with Gasteiger partial charge in [0.05, 0.1) is 0 Å². The van der Waals surface area contributed by atoms with Gasteiger partial charge < -0.3 is 20.1 Å². The van der Waals surface area contributed by atoms with Crippen LogP contribution in [0.2, 0.25) is 0 Å². The third-order valence-electron chi connectivity index (χ3n) is 4.89. The molecule has 8 heteroatoms. The number of nitrogens with one attached hydrogen (secondary N) is 2. The maximum absolute atomic E-state index is 5.35. The van der Waals surface area contributed by atoms with E-state index in [4.69, 9.17) is 4.52 Å². The third-order valence-corrected chi connectivity index (χ3v) is 4.89. The molecule has 0 spiro atoms. The average Bonchev–Trinajstić information content (AvgIpc) is 3.17. The van der Waals surface area contributed by atoms with Gasteiger partial charge in [-0.1, -0.05) is 32.0 Å². The SMILES string of the molecule is CCNC(=NCc1noc(C(C)(C)C)n1)NC1CCN(c2ccc(C)cn2)CC1. The summed E-state index contributed by atoms with van der Waals surface area (Å²) in [6.07, 6.45) is 4.01. The van der Waals surface area contributed by atoms with E-state index in [2.05, 4.69) is 82.4 Å². The highest BCUT2D eigenvalue weighted by molar-refractivity contribution is 5.80. The summed E-state index contributed by atoms with van der Waals surface area (Å²) < 4.78 is 5.35. The van der Waals surface area contributed by atoms with E-state index in [1.165, 1.54) is 5.56 Å². The van der Waals surface area contributed by atoms with Gasteiger partial charge in [0.1, 0.15) is 12.4 Å². The molecular formula is C21H33N7O. The van der Waals surface area contributed by atoms with Crippen LogP contribution >= 0.6 is 0 Å². The molecule has 2 N–H and O–H groups in total. The van der Waals surface area contributed by atoms with Crippen molar-refractivity contribution in [3.8, 4) is 0 Å². The van der Waals surface area contributed by atoms with E-state index in [0.717, 1.165) is 44.3 Å². The first-order valence-electron chi connectivity index (χ1n) is 10.4. The smallest absolute Gasteiger partial charge is 0.232 e. The van der Waals surface area contributed by atoms with Crippen LogP contribution in [-0.4, -0.2) is 46.8 Å². The fourth-order valence-corrected chi connectivity index (χ4v) is 3.19. The van der Waals surface area contributed by atoms with Crippen LogP contribution in [0, 0.1) is 6.92 Å². The summed E-state index contributed by atoms with van der Waals surface area (Å²) in [4.78, 5) is 16.0. The first-order valence-corrected chi connectivity index (χ1v) is 10.4. The number of hydrogen-bond donors (Lipinski definition) is 2. The van der Waals surface area contributed by atoms with E-state index in [-0.39, 0.29) is 5.41 Å². The van der Waals surface area contributed by atoms with Gasteiger partial charge in [-0.3, -0.25) is 0 Å². The first-order chi connectivity index (χ1) is 13.8. The Morgan fingerprint density at radius 2 is 2.03 bits per heavy atom. The summed E-state index contributed by atoms with van der Waals surface area (Å²) >= 11 is 0. The number of aliphatic imine (C=N–C) groups is 1. The molecule has 8 nitrogen and oxygen atoms in total. The van der Waals surface area contributed by atoms with E-state index in [9.17, 15) is 0 Å². The minimum Gasteiger partial charge on any atom is -0.357 e. The molecule has 1 fully saturated rings. The Balaban J connectivity index is 1.54. The Morgan fingerprint density at radius 1 is 1.28 bits per heavy atom. The highest BCUT2D eigenvalue weighted by atomic mass is 16.5. The van der Waals surface area contributed by atoms with Gasteiger partial charge in [-0.05, 0) is 38.3 Å². The van der Waals surface area contributed by atoms with Crippen LogP contribution in [0.5, 0.6) is 0 Å². The number of anilines is 1. The summed E-state index contributed by atoms with van der Waals surface area (Å²) in [6.45, 7) is 13.4. The minimum absolute atomic E-state index is 0.155. The molecule has 0 amide bonds. The Bertz CT molecular complexity index is 799. The predicted molar refractivity (Wildman–Crippen MR) is 115 cm³/mol. The van der Waals surface area contributed by atoms with Crippen LogP contribution in [0.4, 0.5) is 5.82 Å². The van der Waals surface area contributed by atoms with Crippen LogP contribution in [0.15, 0.2) is 27.8 Å². The number of rotatable bonds is 5. The molecule has 1 saturated heterocycles. The van der Waals surface area contributed by atoms with Crippen molar-refractivity contribution in [3.63, 3.8) is 0 Å². The molecule has 1 aliphatic rings. The molecule has 0 aromatic carbocycles. The zero-order valence-corrected chi connectivity index (χ0v) is 18.2. The van der Waals surface area contributed by atoms with E-state index in [1.807, 2.05) is 6.20 Å². The molecule has 3 heterocycles. The molecular weight excluding hydrogens is 366 g/mol. The van der Waals surface area contributed by atoms with Gasteiger partial charge in [-0.2, -0.15) is 4.98 Å². The number of guanidine groups is 1. The number of aryl methyl sites for hydroxylation is 1. The lowest BCUT2D eigenvalue weighted by Crippen LogP contribution is -2.48. The molecule has 2 aromatic rings. The zero-order chi connectivity index (χ0) is 20.9. The van der Waals surface area contributed by atoms with E-state index in [1.54, 1.807) is 0 Å². The largest absolute Gasteiger partial charge is 0.357 e. The second-order valence-corrected chi connectivity index (χ2v) is 8.56. The first kappa shape index (κ1) is 21.1. The van der Waals surface area contributed by atoms with Crippen molar-refractivity contribution in [3.05, 3.63) is 35.6 Å². The summed E-state index contributed by atoms with van der Waals surface area (Å²) in [5, 5.41) is 10.9. The lowest BCUT2D eigenvalue weighted by Gasteiger charge is -2.33. The lowest BCUT2D eigenvalue weighted by atomic mass is 9.97. The number of hydrogen-bond acceptors (Lipinski definition) is 6. The maximum Gasteiger partial charge on any atom is 0.232 e. The highest BCUT2D eigenvalue weighted by Gasteiger charge is 2.22. The highest BCUT2D eigenvalue weighted by Crippen LogP contribution is 2.20. The molecule has 0 aliphatic carbocycles. The Hall–Kier alpha value is -2.64. The minimum atomic E-state index is -0.155. The monoisotopic (exact) mass is 399 g/mol. The van der Waals surface area contributed by atoms with E-state index < -0.39 is 0 Å². The number of nitrogens with zero attached hydrogens (tertiary/aromatic N) is 5. The summed E-state index contributed by atoms with van der Waals surface area (Å²) in [5.41, 5.74) is 1.03. The molecule has 29 heavy (non-hydrogen) atoms. The fourth-order valence-electron chi connectivity index (χ4n) is 3.19. The lowest BCUT2D eigenvalue weighted by molar-refractivity contribution is 0.318. The van der Waals surface area contributed by atoms with Crippen LogP contribution < -0.4 is 15.5 Å². The Kier molecular flexibility index (Phi) is 6.71. The van der Waals surface area contributed by atoms with Crippen molar-refractivity contribution < 1.29 is 4.52 Å². The molecule has 158 valence electrons.